The molecule has 26 heteroatoms. The molecule has 2 unspecified atom stereocenters. The molecule has 79 heavy (non-hydrogen) atoms. The lowest BCUT2D eigenvalue weighted by Crippen LogP contribution is -2.65. The number of primary amides is 2. The van der Waals surface area contributed by atoms with Crippen LogP contribution in [0.15, 0.2) is 45.9 Å². The molecule has 25 nitrogen and oxygen atoms in total. The summed E-state index contributed by atoms with van der Waals surface area (Å²) in [5.74, 6) is -15.1. The molecule has 0 aliphatic heterocycles. The third-order valence-electron chi connectivity index (χ3n) is 15.3. The molecule has 0 bridgehead atoms. The summed E-state index contributed by atoms with van der Waals surface area (Å²) < 4.78 is 14.9. The van der Waals surface area contributed by atoms with Crippen molar-refractivity contribution >= 4 is 86.4 Å². The molecular weight excluding hydrogens is 1150 g/mol. The number of Topliss-reactive ketones (excluding diaryl/α,β-unsaturated/α-hetero) is 4. The molecular formula is C53H67IN6O19. The van der Waals surface area contributed by atoms with Gasteiger partial charge in [-0.15, -0.1) is 0 Å². The number of amides is 2. The minimum atomic E-state index is -2.75. The number of ether oxygens (including phenoxy) is 3. The first-order valence-electron chi connectivity index (χ1n) is 24.7. The maximum Gasteiger partial charge on any atom is 0.342 e. The van der Waals surface area contributed by atoms with E-state index < -0.39 is 128 Å². The highest BCUT2D eigenvalue weighted by Crippen LogP contribution is 2.56. The minimum absolute atomic E-state index is 0.0415. The van der Waals surface area contributed by atoms with Gasteiger partial charge in [-0.25, -0.2) is 4.79 Å². The van der Waals surface area contributed by atoms with E-state index in [1.165, 1.54) is 37.1 Å². The lowest BCUT2D eigenvalue weighted by atomic mass is 9.57. The van der Waals surface area contributed by atoms with Gasteiger partial charge in [-0.3, -0.25) is 38.6 Å². The molecule has 0 aromatic heterocycles. The fraction of sp³-hybridized carbons (Fsp3) is 0.491. The van der Waals surface area contributed by atoms with Crippen LogP contribution in [0.3, 0.4) is 0 Å². The number of ketones is 4. The van der Waals surface area contributed by atoms with Crippen LogP contribution in [0.4, 0.5) is 11.4 Å². The van der Waals surface area contributed by atoms with Crippen molar-refractivity contribution in [2.45, 2.75) is 49.0 Å². The van der Waals surface area contributed by atoms with Crippen molar-refractivity contribution in [2.75, 3.05) is 107 Å². The van der Waals surface area contributed by atoms with Crippen LogP contribution in [0, 0.1) is 27.2 Å². The molecule has 0 spiro atoms. The molecule has 6 aliphatic carbocycles. The second-order valence-corrected chi connectivity index (χ2v) is 21.9. The quantitative estimate of drug-likeness (QED) is 0.0581. The van der Waals surface area contributed by atoms with Crippen LogP contribution in [0.1, 0.15) is 45.5 Å². The Bertz CT molecular complexity index is 3050. The molecule has 2 fully saturated rings. The van der Waals surface area contributed by atoms with E-state index in [1.807, 2.05) is 41.6 Å². The maximum atomic E-state index is 14.0. The molecule has 430 valence electrons. The first-order valence-corrected chi connectivity index (χ1v) is 25.8. The second kappa shape index (κ2) is 23.2. The predicted octanol–water partition coefficient (Wildman–Crippen LogP) is 0.0929. The summed E-state index contributed by atoms with van der Waals surface area (Å²) in [5.41, 5.74) is 5.01. The summed E-state index contributed by atoms with van der Waals surface area (Å²) >= 11 is 1.92. The number of halogens is 1. The number of carbonyl (C=O) groups excluding carboxylic acids is 7. The number of hydrogen-bond acceptors (Lipinski definition) is 23. The summed E-state index contributed by atoms with van der Waals surface area (Å²) in [4.78, 5) is 97.3. The van der Waals surface area contributed by atoms with Gasteiger partial charge in [0.05, 0.1) is 46.6 Å². The molecule has 2 aromatic carbocycles. The summed E-state index contributed by atoms with van der Waals surface area (Å²) in [7, 11) is 16.2. The number of methoxy groups -OCH3 is 2. The molecule has 13 N–H and O–H groups in total. The molecule has 2 amide bonds. The Labute approximate surface area is 467 Å². The number of aliphatic hydroxyl groups is 7. The molecule has 2 aromatic rings. The number of esters is 1. The molecule has 6 aliphatic rings. The number of nitrogens with two attached hydrogens (primary N) is 2. The SMILES string of the molecule is CN(C)c1cc(I)c(O)c2c1CC1CC3[C@H](N(C)C)C(=O)C(C(N)=O)=C(O)[C@@]3(O)C(=O)C1=C2O.COCCO.COCCOC(=O)c1cc(N(C)C)c2c(c1O)C(O)=C1C(=O)[C@]3(O)C(O)=C(C(N)=O)C(=O)[C@@H](N(C)C)[C@@H]3C[C@@H]1C2. The molecule has 0 saturated heterocycles. The summed E-state index contributed by atoms with van der Waals surface area (Å²) in [6, 6.07) is 0.914. The number of anilines is 2. The van der Waals surface area contributed by atoms with Gasteiger partial charge in [-0.1, -0.05) is 0 Å². The van der Waals surface area contributed by atoms with Crippen molar-refractivity contribution in [3.63, 3.8) is 0 Å². The standard InChI is InChI=1S/C27H33N3O10.C23H26IN3O7.C3H8O2/c1-29(2)15-10-13(26(37)40-7-6-39-5)20(31)17-12(15)8-11-9-14-19(30(3)4)22(33)18(25(28)36)24(35)27(14,38)23(34)16(11)21(17)32;1-26(2)12-7-11(24)17(28)14-9(12)5-8-6-10-16(27(3)4)19(30)15(22(25)33)21(32)23(10,34)20(31)13(8)18(14)29;1-5-3-2-4/h10-11,14,19,31-32,35,38H,6-9H2,1-5H3,(H2,28,36);7-8,10,16,28-29,32,34H,5-6H2,1-4H3,(H2,25,33);4H,2-3H2,1H3/t11-,14-,19-,27-;8?,10?,16-,23-;/m00./s1. The lowest BCUT2D eigenvalue weighted by molar-refractivity contribution is -0.155. The van der Waals surface area contributed by atoms with Crippen LogP contribution >= 0.6 is 22.6 Å². The van der Waals surface area contributed by atoms with E-state index in [-0.39, 0.29) is 79.1 Å². The van der Waals surface area contributed by atoms with E-state index >= 15 is 0 Å². The highest BCUT2D eigenvalue weighted by atomic mass is 127. The number of rotatable bonds is 12. The number of phenols is 2. The van der Waals surface area contributed by atoms with Crippen molar-refractivity contribution < 1.29 is 93.7 Å². The number of aliphatic hydroxyl groups excluding tert-OH is 5. The van der Waals surface area contributed by atoms with E-state index in [2.05, 4.69) is 4.74 Å². The molecule has 8 rings (SSSR count). The lowest BCUT2D eigenvalue weighted by Gasteiger charge is -2.50. The Morgan fingerprint density at radius 3 is 1.37 bits per heavy atom. The van der Waals surface area contributed by atoms with Gasteiger partial charge >= 0.3 is 5.97 Å². The summed E-state index contributed by atoms with van der Waals surface area (Å²) in [6.07, 6.45) is 0.368. The highest BCUT2D eigenvalue weighted by molar-refractivity contribution is 14.1. The van der Waals surface area contributed by atoms with Gasteiger partial charge in [0, 0.05) is 76.8 Å². The third kappa shape index (κ3) is 10.1. The number of carbonyl (C=O) groups is 7. The number of benzene rings is 2. The van der Waals surface area contributed by atoms with Gasteiger partial charge in [0.2, 0.25) is 11.6 Å². The number of aromatic hydroxyl groups is 2. The van der Waals surface area contributed by atoms with Crippen molar-refractivity contribution in [2.24, 2.45) is 35.1 Å². The summed E-state index contributed by atoms with van der Waals surface area (Å²) in [6.45, 7) is 0.589. The van der Waals surface area contributed by atoms with E-state index in [0.717, 1.165) is 5.69 Å². The fourth-order valence-corrected chi connectivity index (χ4v) is 12.5. The van der Waals surface area contributed by atoms with Gasteiger partial charge in [-0.2, -0.15) is 0 Å². The monoisotopic (exact) mass is 1220 g/mol. The van der Waals surface area contributed by atoms with E-state index in [9.17, 15) is 74.4 Å². The minimum Gasteiger partial charge on any atom is -0.508 e. The van der Waals surface area contributed by atoms with E-state index in [1.54, 1.807) is 46.3 Å². The zero-order chi connectivity index (χ0) is 59.4. The smallest absolute Gasteiger partial charge is 0.342 e. The van der Waals surface area contributed by atoms with Gasteiger partial charge in [0.25, 0.3) is 11.8 Å². The van der Waals surface area contributed by atoms with Crippen molar-refractivity contribution in [1.82, 2.24) is 9.80 Å². The number of fused-ring (bicyclic) bond motifs is 6. The Morgan fingerprint density at radius 1 is 0.633 bits per heavy atom. The van der Waals surface area contributed by atoms with Gasteiger partial charge in [0.1, 0.15) is 57.9 Å². The number of nitrogens with zero attached hydrogens (tertiary/aromatic N) is 4. The molecule has 8 atom stereocenters. The fourth-order valence-electron chi connectivity index (χ4n) is 11.9. The van der Waals surface area contributed by atoms with Crippen LogP contribution in [-0.4, -0.2) is 217 Å². The van der Waals surface area contributed by atoms with Crippen LogP contribution in [-0.2, 0) is 55.8 Å². The molecule has 0 radical (unpaired) electrons. The van der Waals surface area contributed by atoms with Crippen molar-refractivity contribution in [1.29, 1.82) is 0 Å². The second-order valence-electron chi connectivity index (χ2n) is 20.8. The zero-order valence-corrected chi connectivity index (χ0v) is 47.4. The number of hydrogen-bond donors (Lipinski definition) is 11. The van der Waals surface area contributed by atoms with Crippen molar-refractivity contribution in [3.05, 3.63) is 77.3 Å². The third-order valence-corrected chi connectivity index (χ3v) is 16.2. The van der Waals surface area contributed by atoms with Gasteiger partial charge in [0.15, 0.2) is 22.8 Å². The topological polar surface area (TPSA) is 394 Å². The predicted molar refractivity (Wildman–Crippen MR) is 291 cm³/mol. The average Bonchev–Trinajstić information content (AvgIpc) is 3.51. The van der Waals surface area contributed by atoms with Crippen molar-refractivity contribution in [3.8, 4) is 11.5 Å². The van der Waals surface area contributed by atoms with Gasteiger partial charge < -0.3 is 81.4 Å². The molecule has 0 heterocycles. The van der Waals surface area contributed by atoms with Crippen LogP contribution in [0.2, 0.25) is 0 Å². The Morgan fingerprint density at radius 2 is 1.03 bits per heavy atom. The molecule has 2 saturated carbocycles. The Balaban J connectivity index is 0.000000237. The number of phenolic OH excluding ortho intramolecular Hbond substituents is 2. The van der Waals surface area contributed by atoms with Gasteiger partial charge in [-0.05, 0) is 112 Å². The number of likely N-dealkylation sites (N-methyl/N-ethyl adjacent to an activating group) is 2. The van der Waals surface area contributed by atoms with Crippen LogP contribution in [0.5, 0.6) is 11.5 Å². The maximum absolute atomic E-state index is 14.0. The largest absolute Gasteiger partial charge is 0.508 e. The van der Waals surface area contributed by atoms with E-state index in [0.29, 0.717) is 27.0 Å². The average molecular weight is 1220 g/mol. The first kappa shape index (κ1) is 61.6. The summed E-state index contributed by atoms with van der Waals surface area (Å²) in [5, 5.41) is 97.6. The Kier molecular flexibility index (Phi) is 18.1. The van der Waals surface area contributed by atoms with Crippen LogP contribution in [0.25, 0.3) is 11.5 Å². The van der Waals surface area contributed by atoms with Crippen LogP contribution < -0.4 is 21.3 Å². The first-order chi connectivity index (χ1) is 36.9. The zero-order valence-electron chi connectivity index (χ0n) is 45.2. The Hall–Kier alpha value is -6.66. The normalized spacial score (nSPS) is 26.0. The highest BCUT2D eigenvalue weighted by Gasteiger charge is 2.66. The van der Waals surface area contributed by atoms with E-state index in [4.69, 9.17) is 26.0 Å².